The summed E-state index contributed by atoms with van der Waals surface area (Å²) in [4.78, 5) is 10.6. The van der Waals surface area contributed by atoms with Gasteiger partial charge in [-0.05, 0) is 19.9 Å². The Morgan fingerprint density at radius 2 is 2.40 bits per heavy atom. The van der Waals surface area contributed by atoms with E-state index in [9.17, 15) is 4.79 Å². The van der Waals surface area contributed by atoms with E-state index < -0.39 is 12.1 Å². The summed E-state index contributed by atoms with van der Waals surface area (Å²) < 4.78 is 4.52. The first-order chi connectivity index (χ1) is 4.72. The van der Waals surface area contributed by atoms with Crippen molar-refractivity contribution in [3.05, 3.63) is 12.2 Å². The molecule has 0 saturated carbocycles. The molecule has 0 unspecified atom stereocenters. The Kier molecular flexibility index (Phi) is 4.58. The smallest absolute Gasteiger partial charge is 0.338 e. The van der Waals surface area contributed by atoms with Crippen molar-refractivity contribution in [2.45, 2.75) is 20.0 Å². The predicted molar refractivity (Wildman–Crippen MR) is 37.5 cm³/mol. The van der Waals surface area contributed by atoms with Gasteiger partial charge in [0, 0.05) is 0 Å². The quantitative estimate of drug-likeness (QED) is 0.463. The molecule has 0 amide bonds. The van der Waals surface area contributed by atoms with Gasteiger partial charge in [-0.3, -0.25) is 0 Å². The Bertz CT molecular complexity index is 129. The fraction of sp³-hybridized carbons (Fsp3) is 0.571. The molecule has 0 rings (SSSR count). The summed E-state index contributed by atoms with van der Waals surface area (Å²) in [7, 11) is 0. The van der Waals surface area contributed by atoms with Crippen LogP contribution in [-0.4, -0.2) is 23.8 Å². The fourth-order valence-corrected chi connectivity index (χ4v) is 0.488. The van der Waals surface area contributed by atoms with Crippen LogP contribution in [0.1, 0.15) is 13.8 Å². The molecule has 58 valence electrons. The number of esters is 1. The van der Waals surface area contributed by atoms with Crippen molar-refractivity contribution < 1.29 is 14.6 Å². The normalized spacial score (nSPS) is 13.5. The van der Waals surface area contributed by atoms with Gasteiger partial charge in [-0.25, -0.2) is 4.79 Å². The second-order valence-electron chi connectivity index (χ2n) is 1.72. The van der Waals surface area contributed by atoms with E-state index in [1.807, 2.05) is 0 Å². The lowest BCUT2D eigenvalue weighted by molar-refractivity contribution is -0.150. The van der Waals surface area contributed by atoms with Gasteiger partial charge in [0.05, 0.1) is 6.61 Å². The molecular weight excluding hydrogens is 132 g/mol. The number of carbonyl (C=O) groups excluding carboxylic acids is 1. The van der Waals surface area contributed by atoms with Crippen molar-refractivity contribution in [2.75, 3.05) is 6.61 Å². The zero-order valence-corrected chi connectivity index (χ0v) is 6.20. The molecule has 0 spiro atoms. The zero-order chi connectivity index (χ0) is 7.98. The molecule has 1 atom stereocenters. The van der Waals surface area contributed by atoms with E-state index in [0.29, 0.717) is 6.61 Å². The number of ether oxygens (including phenoxy) is 1. The number of hydrogen-bond donors (Lipinski definition) is 1. The summed E-state index contributed by atoms with van der Waals surface area (Å²) in [6, 6.07) is 0. The minimum atomic E-state index is -1.11. The molecule has 0 aliphatic carbocycles. The van der Waals surface area contributed by atoms with Gasteiger partial charge >= 0.3 is 5.97 Å². The van der Waals surface area contributed by atoms with Crippen LogP contribution in [0.5, 0.6) is 0 Å². The molecule has 0 aliphatic heterocycles. The molecule has 0 aromatic rings. The van der Waals surface area contributed by atoms with Crippen LogP contribution in [0.3, 0.4) is 0 Å². The van der Waals surface area contributed by atoms with Gasteiger partial charge in [-0.2, -0.15) is 0 Å². The third kappa shape index (κ3) is 3.25. The monoisotopic (exact) mass is 144 g/mol. The molecule has 0 aliphatic rings. The summed E-state index contributed by atoms with van der Waals surface area (Å²) in [6.45, 7) is 3.72. The van der Waals surface area contributed by atoms with Crippen LogP contribution in [-0.2, 0) is 9.53 Å². The molecule has 10 heavy (non-hydrogen) atoms. The first kappa shape index (κ1) is 9.17. The fourth-order valence-electron chi connectivity index (χ4n) is 0.488. The van der Waals surface area contributed by atoms with Crippen LogP contribution in [0.2, 0.25) is 0 Å². The largest absolute Gasteiger partial charge is 0.464 e. The maximum atomic E-state index is 10.6. The number of hydrogen-bond acceptors (Lipinski definition) is 3. The molecule has 0 heterocycles. The first-order valence-electron chi connectivity index (χ1n) is 3.19. The van der Waals surface area contributed by atoms with Crippen molar-refractivity contribution in [2.24, 2.45) is 0 Å². The third-order valence-corrected chi connectivity index (χ3v) is 0.903. The molecule has 0 saturated heterocycles. The number of aliphatic hydroxyl groups excluding tert-OH is 1. The highest BCUT2D eigenvalue weighted by Crippen LogP contribution is 1.89. The van der Waals surface area contributed by atoms with E-state index in [2.05, 4.69) is 4.74 Å². The summed E-state index contributed by atoms with van der Waals surface area (Å²) in [5.41, 5.74) is 0. The molecule has 0 aromatic carbocycles. The summed E-state index contributed by atoms with van der Waals surface area (Å²) in [5, 5.41) is 8.89. The maximum absolute atomic E-state index is 10.6. The summed E-state index contributed by atoms with van der Waals surface area (Å²) >= 11 is 0. The summed E-state index contributed by atoms with van der Waals surface area (Å²) in [6.07, 6.45) is 1.87. The van der Waals surface area contributed by atoms with Gasteiger partial charge in [-0.1, -0.05) is 6.08 Å². The molecule has 3 heteroatoms. The SMILES string of the molecule is C/C=C/[C@@H](O)C(=O)OCC. The zero-order valence-electron chi connectivity index (χ0n) is 6.20. The Hall–Kier alpha value is -0.830. The Morgan fingerprint density at radius 3 is 2.80 bits per heavy atom. The van der Waals surface area contributed by atoms with E-state index >= 15 is 0 Å². The first-order valence-corrected chi connectivity index (χ1v) is 3.19. The molecule has 0 fully saturated rings. The average Bonchev–Trinajstić information content (AvgIpc) is 1.89. The lowest BCUT2D eigenvalue weighted by Crippen LogP contribution is -2.20. The van der Waals surface area contributed by atoms with Crippen LogP contribution in [0.25, 0.3) is 0 Å². The van der Waals surface area contributed by atoms with Gasteiger partial charge in [-0.15, -0.1) is 0 Å². The van der Waals surface area contributed by atoms with E-state index in [-0.39, 0.29) is 0 Å². The van der Waals surface area contributed by atoms with Crippen molar-refractivity contribution >= 4 is 5.97 Å². The van der Waals surface area contributed by atoms with Crippen molar-refractivity contribution in [1.82, 2.24) is 0 Å². The molecule has 0 bridgehead atoms. The van der Waals surface area contributed by atoms with Crippen LogP contribution in [0, 0.1) is 0 Å². The van der Waals surface area contributed by atoms with E-state index in [4.69, 9.17) is 5.11 Å². The van der Waals surface area contributed by atoms with Gasteiger partial charge in [0.1, 0.15) is 0 Å². The van der Waals surface area contributed by atoms with Gasteiger partial charge in [0.25, 0.3) is 0 Å². The highest BCUT2D eigenvalue weighted by molar-refractivity contribution is 5.76. The average molecular weight is 144 g/mol. The minimum absolute atomic E-state index is 0.299. The van der Waals surface area contributed by atoms with E-state index in [1.54, 1.807) is 19.9 Å². The number of aliphatic hydroxyl groups is 1. The maximum Gasteiger partial charge on any atom is 0.338 e. The molecule has 1 N–H and O–H groups in total. The van der Waals surface area contributed by atoms with Crippen LogP contribution in [0.15, 0.2) is 12.2 Å². The second kappa shape index (κ2) is 4.99. The third-order valence-electron chi connectivity index (χ3n) is 0.903. The van der Waals surface area contributed by atoms with Gasteiger partial charge in [0.2, 0.25) is 0 Å². The lowest BCUT2D eigenvalue weighted by atomic mass is 10.3. The molecule has 0 radical (unpaired) electrons. The second-order valence-corrected chi connectivity index (χ2v) is 1.72. The molecule has 0 aromatic heterocycles. The Balaban J connectivity index is 3.70. The van der Waals surface area contributed by atoms with Crippen LogP contribution < -0.4 is 0 Å². The minimum Gasteiger partial charge on any atom is -0.464 e. The van der Waals surface area contributed by atoms with Crippen molar-refractivity contribution in [1.29, 1.82) is 0 Å². The van der Waals surface area contributed by atoms with Crippen LogP contribution >= 0.6 is 0 Å². The van der Waals surface area contributed by atoms with E-state index in [1.165, 1.54) is 6.08 Å². The van der Waals surface area contributed by atoms with Crippen molar-refractivity contribution in [3.8, 4) is 0 Å². The predicted octanol–water partition coefficient (Wildman–Crippen LogP) is 0.486. The van der Waals surface area contributed by atoms with Crippen LogP contribution in [0.4, 0.5) is 0 Å². The lowest BCUT2D eigenvalue weighted by Gasteiger charge is -2.03. The molecule has 3 nitrogen and oxygen atoms in total. The summed E-state index contributed by atoms with van der Waals surface area (Å²) in [5.74, 6) is -0.597. The number of allylic oxidation sites excluding steroid dienone is 1. The Morgan fingerprint density at radius 1 is 1.80 bits per heavy atom. The topological polar surface area (TPSA) is 46.5 Å². The number of carbonyl (C=O) groups is 1. The van der Waals surface area contributed by atoms with E-state index in [0.717, 1.165) is 0 Å². The Labute approximate surface area is 60.3 Å². The van der Waals surface area contributed by atoms with Crippen molar-refractivity contribution in [3.63, 3.8) is 0 Å². The molecular formula is C7H12O3. The standard InChI is InChI=1S/C7H12O3/c1-3-5-6(8)7(9)10-4-2/h3,5-6,8H,4H2,1-2H3/b5-3+/t6-/m1/s1. The highest BCUT2D eigenvalue weighted by atomic mass is 16.5. The highest BCUT2D eigenvalue weighted by Gasteiger charge is 2.10. The van der Waals surface area contributed by atoms with Gasteiger partial charge < -0.3 is 9.84 Å². The van der Waals surface area contributed by atoms with Gasteiger partial charge in [0.15, 0.2) is 6.10 Å². The number of rotatable bonds is 3.